The van der Waals surface area contributed by atoms with Gasteiger partial charge in [0.25, 0.3) is 0 Å². The van der Waals surface area contributed by atoms with Gasteiger partial charge in [-0.15, -0.1) is 6.58 Å². The number of nitrogens with one attached hydrogen (secondary N) is 1. The van der Waals surface area contributed by atoms with E-state index in [1.165, 1.54) is 22.4 Å². The molecule has 1 heterocycles. The van der Waals surface area contributed by atoms with Crippen molar-refractivity contribution in [1.29, 1.82) is 0 Å². The third kappa shape index (κ3) is 1.88. The number of fused-ring (bicyclic) bond motifs is 1. The number of rotatable bonds is 3. The number of nitrogens with zero attached hydrogens (tertiary/aromatic N) is 1. The Labute approximate surface area is 122 Å². The zero-order valence-electron chi connectivity index (χ0n) is 13.5. The van der Waals surface area contributed by atoms with Crippen LogP contribution in [0.25, 0.3) is 0 Å². The van der Waals surface area contributed by atoms with Crippen molar-refractivity contribution in [2.75, 3.05) is 0 Å². The summed E-state index contributed by atoms with van der Waals surface area (Å²) < 4.78 is 0. The van der Waals surface area contributed by atoms with Crippen LogP contribution in [0.3, 0.4) is 0 Å². The molecule has 2 heteroatoms. The summed E-state index contributed by atoms with van der Waals surface area (Å²) in [6.07, 6.45) is 2.07. The predicted molar refractivity (Wildman–Crippen MR) is 85.6 cm³/mol. The lowest BCUT2D eigenvalue weighted by Gasteiger charge is -2.25. The van der Waals surface area contributed by atoms with Gasteiger partial charge in [0.15, 0.2) is 0 Å². The summed E-state index contributed by atoms with van der Waals surface area (Å²) in [5.74, 6) is 2.69. The molecule has 108 valence electrons. The molecule has 0 fully saturated rings. The van der Waals surface area contributed by atoms with Crippen LogP contribution in [0.15, 0.2) is 40.1 Å². The highest BCUT2D eigenvalue weighted by atomic mass is 15.1. The smallest absolute Gasteiger partial charge is 0.129 e. The standard InChI is InChI=1S/C18H26N2/c1-8-12-14(10(3)18(5,6)7)15(12)17-19-11(4)13-9(2)16(13)20-17/h8,10-13H,1H2,2-7H3,(H,19,20)/t10?,11?,12-,13+/m0/s1. The van der Waals surface area contributed by atoms with Crippen LogP contribution in [0.4, 0.5) is 0 Å². The first-order valence-electron chi connectivity index (χ1n) is 7.69. The highest BCUT2D eigenvalue weighted by Crippen LogP contribution is 2.52. The van der Waals surface area contributed by atoms with Crippen LogP contribution in [-0.4, -0.2) is 11.9 Å². The Kier molecular flexibility index (Phi) is 2.80. The minimum Gasteiger partial charge on any atom is -0.343 e. The summed E-state index contributed by atoms with van der Waals surface area (Å²) in [5.41, 5.74) is 6.12. The first kappa shape index (κ1) is 13.7. The van der Waals surface area contributed by atoms with E-state index in [4.69, 9.17) is 4.99 Å². The van der Waals surface area contributed by atoms with Crippen molar-refractivity contribution < 1.29 is 0 Å². The van der Waals surface area contributed by atoms with Crippen molar-refractivity contribution in [2.24, 2.45) is 28.2 Å². The zero-order valence-corrected chi connectivity index (χ0v) is 13.5. The molecule has 0 aromatic rings. The van der Waals surface area contributed by atoms with E-state index in [2.05, 4.69) is 59.5 Å². The van der Waals surface area contributed by atoms with Crippen LogP contribution in [0.2, 0.25) is 0 Å². The summed E-state index contributed by atoms with van der Waals surface area (Å²) in [6, 6.07) is 0.394. The molecule has 2 aliphatic carbocycles. The maximum absolute atomic E-state index is 4.89. The molecule has 20 heavy (non-hydrogen) atoms. The average Bonchev–Trinajstić information content (AvgIpc) is 3.22. The van der Waals surface area contributed by atoms with Crippen molar-refractivity contribution in [3.63, 3.8) is 0 Å². The molecule has 0 saturated carbocycles. The molecule has 3 rings (SSSR count). The van der Waals surface area contributed by atoms with E-state index in [1.807, 2.05) is 0 Å². The molecule has 3 aliphatic rings. The van der Waals surface area contributed by atoms with Gasteiger partial charge in [0, 0.05) is 23.1 Å². The van der Waals surface area contributed by atoms with Gasteiger partial charge in [-0.25, -0.2) is 0 Å². The second-order valence-electron chi connectivity index (χ2n) is 7.59. The molecule has 0 spiro atoms. The summed E-state index contributed by atoms with van der Waals surface area (Å²) in [5, 5.41) is 3.56. The molecule has 0 radical (unpaired) electrons. The number of hydrogen-bond donors (Lipinski definition) is 1. The number of allylic oxidation sites excluding steroid dienone is 2. The summed E-state index contributed by atoms with van der Waals surface area (Å²) >= 11 is 0. The molecular weight excluding hydrogens is 244 g/mol. The Balaban J connectivity index is 1.89. The highest BCUT2D eigenvalue weighted by molar-refractivity contribution is 6.07. The molecule has 0 aromatic heterocycles. The normalized spacial score (nSPS) is 33.3. The van der Waals surface area contributed by atoms with Gasteiger partial charge in [-0.3, -0.25) is 4.99 Å². The van der Waals surface area contributed by atoms with Crippen LogP contribution < -0.4 is 5.32 Å². The topological polar surface area (TPSA) is 24.4 Å². The Morgan fingerprint density at radius 1 is 1.35 bits per heavy atom. The lowest BCUT2D eigenvalue weighted by molar-refractivity contribution is 0.303. The van der Waals surface area contributed by atoms with Crippen LogP contribution in [0.1, 0.15) is 41.5 Å². The Morgan fingerprint density at radius 3 is 2.50 bits per heavy atom. The van der Waals surface area contributed by atoms with Gasteiger partial charge in [-0.05, 0) is 36.3 Å². The minimum atomic E-state index is 0.288. The second-order valence-corrected chi connectivity index (χ2v) is 7.59. The van der Waals surface area contributed by atoms with Crippen LogP contribution in [0, 0.1) is 23.2 Å². The van der Waals surface area contributed by atoms with Gasteiger partial charge >= 0.3 is 0 Å². The van der Waals surface area contributed by atoms with Gasteiger partial charge in [0.05, 0.1) is 6.04 Å². The summed E-state index contributed by atoms with van der Waals surface area (Å²) in [4.78, 5) is 4.89. The fourth-order valence-electron chi connectivity index (χ4n) is 3.46. The second kappa shape index (κ2) is 4.09. The van der Waals surface area contributed by atoms with Gasteiger partial charge in [-0.1, -0.05) is 33.8 Å². The molecule has 0 bridgehead atoms. The van der Waals surface area contributed by atoms with Crippen LogP contribution in [-0.2, 0) is 0 Å². The fourth-order valence-corrected chi connectivity index (χ4v) is 3.46. The first-order valence-corrected chi connectivity index (χ1v) is 7.69. The highest BCUT2D eigenvalue weighted by Gasteiger charge is 2.48. The molecule has 4 atom stereocenters. The van der Waals surface area contributed by atoms with Crippen molar-refractivity contribution >= 4 is 5.84 Å². The molecule has 0 amide bonds. The quantitative estimate of drug-likeness (QED) is 0.768. The molecular formula is C18H26N2. The van der Waals surface area contributed by atoms with Gasteiger partial charge in [0.2, 0.25) is 0 Å². The fraction of sp³-hybridized carbons (Fsp3) is 0.611. The maximum atomic E-state index is 4.89. The van der Waals surface area contributed by atoms with E-state index in [-0.39, 0.29) is 5.41 Å². The minimum absolute atomic E-state index is 0.288. The third-order valence-corrected chi connectivity index (χ3v) is 5.32. The SMILES string of the molecule is C=C[C@@H]1C(C2=NC(C)[C@H]3C(C)=C3N2)=C1C(C)C(C)(C)C. The molecule has 0 aromatic carbocycles. The maximum Gasteiger partial charge on any atom is 0.129 e. The van der Waals surface area contributed by atoms with Crippen LogP contribution >= 0.6 is 0 Å². The van der Waals surface area contributed by atoms with Crippen molar-refractivity contribution in [2.45, 2.75) is 47.6 Å². The van der Waals surface area contributed by atoms with E-state index >= 15 is 0 Å². The van der Waals surface area contributed by atoms with Crippen molar-refractivity contribution in [1.82, 2.24) is 5.32 Å². The van der Waals surface area contributed by atoms with E-state index in [0.717, 1.165) is 5.84 Å². The number of aliphatic imine (C=N–C) groups is 1. The summed E-state index contributed by atoms with van der Waals surface area (Å²) in [7, 11) is 0. The third-order valence-electron chi connectivity index (χ3n) is 5.32. The molecule has 2 nitrogen and oxygen atoms in total. The number of amidine groups is 1. The lowest BCUT2D eigenvalue weighted by Crippen LogP contribution is -2.29. The molecule has 1 N–H and O–H groups in total. The molecule has 2 unspecified atom stereocenters. The molecule has 0 saturated heterocycles. The average molecular weight is 270 g/mol. The van der Waals surface area contributed by atoms with Gasteiger partial charge in [0.1, 0.15) is 5.84 Å². The van der Waals surface area contributed by atoms with E-state index in [0.29, 0.717) is 23.8 Å². The number of hydrogen-bond acceptors (Lipinski definition) is 2. The monoisotopic (exact) mass is 270 g/mol. The first-order chi connectivity index (χ1) is 9.27. The van der Waals surface area contributed by atoms with Crippen LogP contribution in [0.5, 0.6) is 0 Å². The van der Waals surface area contributed by atoms with E-state index in [9.17, 15) is 0 Å². The van der Waals surface area contributed by atoms with Gasteiger partial charge in [-0.2, -0.15) is 0 Å². The zero-order chi connectivity index (χ0) is 14.8. The summed E-state index contributed by atoms with van der Waals surface area (Å²) in [6.45, 7) is 17.7. The van der Waals surface area contributed by atoms with E-state index < -0.39 is 0 Å². The van der Waals surface area contributed by atoms with Gasteiger partial charge < -0.3 is 5.32 Å². The molecule has 1 aliphatic heterocycles. The van der Waals surface area contributed by atoms with Crippen molar-refractivity contribution in [3.8, 4) is 0 Å². The Hall–Kier alpha value is -1.31. The van der Waals surface area contributed by atoms with E-state index in [1.54, 1.807) is 0 Å². The predicted octanol–water partition coefficient (Wildman–Crippen LogP) is 4.08. The largest absolute Gasteiger partial charge is 0.343 e. The lowest BCUT2D eigenvalue weighted by atomic mass is 9.79. The Bertz CT molecular complexity index is 569. The Morgan fingerprint density at radius 2 is 2.00 bits per heavy atom. The van der Waals surface area contributed by atoms with Crippen molar-refractivity contribution in [3.05, 3.63) is 35.1 Å².